The maximum atomic E-state index is 11.5. The highest BCUT2D eigenvalue weighted by atomic mass is 35.5. The zero-order valence-corrected chi connectivity index (χ0v) is 15.4. The van der Waals surface area contributed by atoms with E-state index in [1.54, 1.807) is 24.3 Å². The van der Waals surface area contributed by atoms with E-state index in [0.29, 0.717) is 30.6 Å². The first kappa shape index (κ1) is 22.5. The van der Waals surface area contributed by atoms with E-state index in [-0.39, 0.29) is 19.0 Å². The third kappa shape index (κ3) is 10.3. The van der Waals surface area contributed by atoms with Crippen LogP contribution in [-0.4, -0.2) is 43.1 Å². The second kappa shape index (κ2) is 12.9. The van der Waals surface area contributed by atoms with Crippen molar-refractivity contribution in [2.45, 2.75) is 45.8 Å². The highest BCUT2D eigenvalue weighted by Crippen LogP contribution is 2.16. The number of carbonyl (C=O) groups excluding carboxylic acids is 1. The van der Waals surface area contributed by atoms with Crippen molar-refractivity contribution >= 4 is 11.8 Å². The average Bonchev–Trinajstić information content (AvgIpc) is 2.52. The van der Waals surface area contributed by atoms with E-state index in [1.165, 1.54) is 0 Å². The van der Waals surface area contributed by atoms with Gasteiger partial charge >= 0.3 is 6.09 Å². The Hall–Kier alpha value is -1.50. The number of unbranched alkanes of at least 4 members (excludes halogenated alkanes) is 1. The van der Waals surface area contributed by atoms with Gasteiger partial charge in [-0.2, -0.15) is 0 Å². The molecule has 0 fully saturated rings. The quantitative estimate of drug-likeness (QED) is 0.455. The summed E-state index contributed by atoms with van der Waals surface area (Å²) < 4.78 is 10.5. The Labute approximate surface area is 150 Å². The lowest BCUT2D eigenvalue weighted by molar-refractivity contribution is -0.688. The van der Waals surface area contributed by atoms with Crippen LogP contribution in [-0.2, 0) is 4.74 Å². The largest absolute Gasteiger partial charge is 1.00 e. The minimum absolute atomic E-state index is 0. The third-order valence-electron chi connectivity index (χ3n) is 3.15. The standard InChI is InChI=1S/C17H28N2O4.ClH/c1-4-5-10-22-17(21)19-14-6-8-16(9-7-14)23-12-15(20)11-18-13(2)3;/h6-9,13,15,18,20H,4-5,10-12H2,1-3H3,(H,19,21);1H. The van der Waals surface area contributed by atoms with E-state index in [9.17, 15) is 9.90 Å². The summed E-state index contributed by atoms with van der Waals surface area (Å²) in [5.41, 5.74) is 0.646. The van der Waals surface area contributed by atoms with Crippen molar-refractivity contribution < 1.29 is 37.1 Å². The Balaban J connectivity index is 0.00000529. The van der Waals surface area contributed by atoms with E-state index in [1.807, 2.05) is 6.92 Å². The fourth-order valence-corrected chi connectivity index (χ4v) is 1.79. The summed E-state index contributed by atoms with van der Waals surface area (Å²) in [5.74, 6) is 0.651. The molecule has 6 nitrogen and oxygen atoms in total. The third-order valence-corrected chi connectivity index (χ3v) is 3.15. The molecule has 0 saturated carbocycles. The van der Waals surface area contributed by atoms with Crippen LogP contribution in [0.4, 0.5) is 10.5 Å². The number of aliphatic hydroxyl groups excluding tert-OH is 1. The lowest BCUT2D eigenvalue weighted by Gasteiger charge is -2.13. The number of halogens is 1. The fourth-order valence-electron chi connectivity index (χ4n) is 1.79. The first-order valence-corrected chi connectivity index (χ1v) is 8.19. The molecule has 0 aliphatic rings. The van der Waals surface area contributed by atoms with Crippen LogP contribution in [0.2, 0.25) is 0 Å². The summed E-state index contributed by atoms with van der Waals surface area (Å²) in [5, 5.41) is 14.5. The Kier molecular flexibility index (Phi) is 12.1. The van der Waals surface area contributed by atoms with Gasteiger partial charge in [0.2, 0.25) is 0 Å². The molecule has 0 saturated heterocycles. The number of ether oxygens (including phenoxy) is 2. The summed E-state index contributed by atoms with van der Waals surface area (Å²) in [4.78, 5) is 11.5. The normalized spacial score (nSPS) is 11.5. The summed E-state index contributed by atoms with van der Waals surface area (Å²) in [6, 6.07) is 7.43. The van der Waals surface area contributed by atoms with Gasteiger partial charge in [0.1, 0.15) is 25.0 Å². The molecule has 0 spiro atoms. The van der Waals surface area contributed by atoms with Gasteiger partial charge in [-0.05, 0) is 44.5 Å². The maximum absolute atomic E-state index is 11.5. The Bertz CT molecular complexity index is 454. The molecule has 0 heterocycles. The number of quaternary nitrogens is 1. The van der Waals surface area contributed by atoms with Gasteiger partial charge in [-0.1, -0.05) is 13.3 Å². The van der Waals surface area contributed by atoms with Crippen LogP contribution in [0.15, 0.2) is 24.3 Å². The number of benzene rings is 1. The van der Waals surface area contributed by atoms with Gasteiger partial charge in [0.15, 0.2) is 0 Å². The number of carbonyl (C=O) groups is 1. The molecule has 0 radical (unpaired) electrons. The van der Waals surface area contributed by atoms with Crippen molar-refractivity contribution in [1.29, 1.82) is 0 Å². The molecular formula is C17H29ClN2O4. The number of nitrogens with two attached hydrogens (primary N) is 1. The first-order valence-electron chi connectivity index (χ1n) is 8.19. The fraction of sp³-hybridized carbons (Fsp3) is 0.588. The molecule has 138 valence electrons. The van der Waals surface area contributed by atoms with Crippen molar-refractivity contribution in [3.05, 3.63) is 24.3 Å². The highest BCUT2D eigenvalue weighted by Gasteiger charge is 2.09. The Morgan fingerprint density at radius 3 is 2.54 bits per heavy atom. The number of rotatable bonds is 10. The number of aliphatic hydroxyl groups is 1. The van der Waals surface area contributed by atoms with Gasteiger partial charge in [-0.25, -0.2) is 4.79 Å². The number of anilines is 1. The van der Waals surface area contributed by atoms with E-state index >= 15 is 0 Å². The summed E-state index contributed by atoms with van der Waals surface area (Å²) in [6.45, 7) is 7.47. The second-order valence-corrected chi connectivity index (χ2v) is 5.82. The molecule has 0 aliphatic carbocycles. The molecule has 0 aliphatic heterocycles. The minimum Gasteiger partial charge on any atom is -1.00 e. The van der Waals surface area contributed by atoms with Gasteiger partial charge < -0.3 is 32.3 Å². The van der Waals surface area contributed by atoms with E-state index in [2.05, 4.69) is 24.5 Å². The monoisotopic (exact) mass is 360 g/mol. The highest BCUT2D eigenvalue weighted by molar-refractivity contribution is 5.84. The van der Waals surface area contributed by atoms with E-state index in [4.69, 9.17) is 9.47 Å². The molecule has 7 heteroatoms. The molecule has 1 rings (SSSR count). The summed E-state index contributed by atoms with van der Waals surface area (Å²) in [6.07, 6.45) is 0.882. The van der Waals surface area contributed by atoms with Gasteiger partial charge in [0.25, 0.3) is 0 Å². The molecule has 1 atom stereocenters. The molecule has 1 aromatic rings. The van der Waals surface area contributed by atoms with Crippen LogP contribution in [0.5, 0.6) is 5.75 Å². The summed E-state index contributed by atoms with van der Waals surface area (Å²) in [7, 11) is 0. The molecule has 4 N–H and O–H groups in total. The smallest absolute Gasteiger partial charge is 0.411 e. The summed E-state index contributed by atoms with van der Waals surface area (Å²) >= 11 is 0. The van der Waals surface area contributed by atoms with Gasteiger partial charge in [0, 0.05) is 5.69 Å². The topological polar surface area (TPSA) is 84.4 Å². The lowest BCUT2D eigenvalue weighted by Crippen LogP contribution is -3.00. The van der Waals surface area contributed by atoms with Crippen LogP contribution in [0.25, 0.3) is 0 Å². The van der Waals surface area contributed by atoms with Crippen molar-refractivity contribution in [2.75, 3.05) is 25.1 Å². The van der Waals surface area contributed by atoms with E-state index < -0.39 is 12.2 Å². The molecule has 24 heavy (non-hydrogen) atoms. The first-order chi connectivity index (χ1) is 11.0. The number of hydrogen-bond donors (Lipinski definition) is 3. The predicted octanol–water partition coefficient (Wildman–Crippen LogP) is -1.25. The van der Waals surface area contributed by atoms with Crippen LogP contribution >= 0.6 is 0 Å². The van der Waals surface area contributed by atoms with Gasteiger partial charge in [-0.15, -0.1) is 0 Å². The molecule has 1 unspecified atom stereocenters. The van der Waals surface area contributed by atoms with Crippen LogP contribution in [0.1, 0.15) is 33.6 Å². The molecule has 0 bridgehead atoms. The van der Waals surface area contributed by atoms with Crippen LogP contribution < -0.4 is 27.8 Å². The minimum atomic E-state index is -0.510. The Morgan fingerprint density at radius 2 is 1.96 bits per heavy atom. The molecule has 1 aromatic carbocycles. The van der Waals surface area contributed by atoms with Gasteiger partial charge in [-0.3, -0.25) is 5.32 Å². The van der Waals surface area contributed by atoms with Gasteiger partial charge in [0.05, 0.1) is 12.6 Å². The second-order valence-electron chi connectivity index (χ2n) is 5.82. The zero-order chi connectivity index (χ0) is 17.1. The van der Waals surface area contributed by atoms with Crippen LogP contribution in [0.3, 0.4) is 0 Å². The van der Waals surface area contributed by atoms with Crippen molar-refractivity contribution in [3.8, 4) is 5.75 Å². The predicted molar refractivity (Wildman–Crippen MR) is 89.8 cm³/mol. The SMILES string of the molecule is CCCCOC(=O)Nc1ccc(OCC(O)C[NH2+]C(C)C)cc1.[Cl-]. The molecular weight excluding hydrogens is 332 g/mol. The van der Waals surface area contributed by atoms with Crippen molar-refractivity contribution in [1.82, 2.24) is 0 Å². The maximum Gasteiger partial charge on any atom is 0.411 e. The number of amides is 1. The molecule has 1 amide bonds. The zero-order valence-electron chi connectivity index (χ0n) is 14.6. The number of nitrogens with one attached hydrogen (secondary N) is 1. The van der Waals surface area contributed by atoms with Crippen molar-refractivity contribution in [2.24, 2.45) is 0 Å². The Morgan fingerprint density at radius 1 is 1.29 bits per heavy atom. The number of hydrogen-bond acceptors (Lipinski definition) is 4. The van der Waals surface area contributed by atoms with Crippen LogP contribution in [0, 0.1) is 0 Å². The molecule has 0 aromatic heterocycles. The lowest BCUT2D eigenvalue weighted by atomic mass is 10.3. The van der Waals surface area contributed by atoms with Crippen molar-refractivity contribution in [3.63, 3.8) is 0 Å². The van der Waals surface area contributed by atoms with E-state index in [0.717, 1.165) is 12.8 Å². The average molecular weight is 361 g/mol.